The Labute approximate surface area is 99.0 Å². The largest absolute Gasteiger partial charge is 0.479 e. The van der Waals surface area contributed by atoms with Gasteiger partial charge in [-0.2, -0.15) is 0 Å². The highest BCUT2D eigenvalue weighted by atomic mass is 35.5. The SMILES string of the molecule is CCCc1ccc(C(C)(F)C(=O)O)cc1Cl. The minimum Gasteiger partial charge on any atom is -0.479 e. The zero-order valence-electron chi connectivity index (χ0n) is 9.26. The molecule has 0 aliphatic rings. The van der Waals surface area contributed by atoms with E-state index in [2.05, 4.69) is 0 Å². The third kappa shape index (κ3) is 2.53. The Kier molecular flexibility index (Phi) is 3.92. The van der Waals surface area contributed by atoms with E-state index in [0.29, 0.717) is 5.02 Å². The summed E-state index contributed by atoms with van der Waals surface area (Å²) in [6.45, 7) is 3.03. The molecule has 0 bridgehead atoms. The van der Waals surface area contributed by atoms with Gasteiger partial charge in [-0.3, -0.25) is 0 Å². The molecule has 0 aliphatic carbocycles. The third-order valence-electron chi connectivity index (χ3n) is 2.52. The first-order valence-electron chi connectivity index (χ1n) is 5.10. The molecule has 88 valence electrons. The van der Waals surface area contributed by atoms with E-state index < -0.39 is 11.6 Å². The lowest BCUT2D eigenvalue weighted by molar-refractivity contribution is -0.150. The van der Waals surface area contributed by atoms with Gasteiger partial charge in [0.05, 0.1) is 0 Å². The van der Waals surface area contributed by atoms with Crippen LogP contribution in [0, 0.1) is 0 Å². The van der Waals surface area contributed by atoms with Crippen LogP contribution in [0.3, 0.4) is 0 Å². The highest BCUT2D eigenvalue weighted by Gasteiger charge is 2.35. The second-order valence-electron chi connectivity index (χ2n) is 3.86. The maximum Gasteiger partial charge on any atom is 0.345 e. The molecule has 0 radical (unpaired) electrons. The van der Waals surface area contributed by atoms with Gasteiger partial charge in [-0.25, -0.2) is 9.18 Å². The number of hydrogen-bond donors (Lipinski definition) is 1. The Morgan fingerprint density at radius 3 is 2.62 bits per heavy atom. The standard InChI is InChI=1S/C12H14ClFO2/c1-3-4-8-5-6-9(7-10(8)13)12(2,14)11(15)16/h5-7H,3-4H2,1-2H3,(H,15,16). The molecule has 0 amide bonds. The van der Waals surface area contributed by atoms with E-state index in [1.807, 2.05) is 6.92 Å². The zero-order chi connectivity index (χ0) is 12.3. The van der Waals surface area contributed by atoms with Gasteiger partial charge in [0.1, 0.15) is 0 Å². The van der Waals surface area contributed by atoms with E-state index in [1.165, 1.54) is 12.1 Å². The molecule has 1 N–H and O–H groups in total. The maximum absolute atomic E-state index is 13.8. The van der Waals surface area contributed by atoms with Crippen molar-refractivity contribution in [2.45, 2.75) is 32.4 Å². The van der Waals surface area contributed by atoms with Gasteiger partial charge in [0.25, 0.3) is 0 Å². The monoisotopic (exact) mass is 244 g/mol. The molecule has 1 aromatic carbocycles. The minimum absolute atomic E-state index is 0.0739. The molecule has 0 saturated carbocycles. The fourth-order valence-corrected chi connectivity index (χ4v) is 1.71. The number of halogens is 2. The van der Waals surface area contributed by atoms with E-state index in [9.17, 15) is 9.18 Å². The number of alkyl halides is 1. The summed E-state index contributed by atoms with van der Waals surface area (Å²) in [5, 5.41) is 9.16. The lowest BCUT2D eigenvalue weighted by Crippen LogP contribution is -2.26. The minimum atomic E-state index is -2.39. The second-order valence-corrected chi connectivity index (χ2v) is 4.27. The smallest absolute Gasteiger partial charge is 0.345 e. The highest BCUT2D eigenvalue weighted by Crippen LogP contribution is 2.29. The van der Waals surface area contributed by atoms with Crippen LogP contribution in [0.2, 0.25) is 5.02 Å². The van der Waals surface area contributed by atoms with Gasteiger partial charge >= 0.3 is 5.97 Å². The van der Waals surface area contributed by atoms with E-state index in [4.69, 9.17) is 16.7 Å². The molecule has 0 spiro atoms. The highest BCUT2D eigenvalue weighted by molar-refractivity contribution is 6.31. The summed E-state index contributed by atoms with van der Waals surface area (Å²) in [5.41, 5.74) is -1.41. The van der Waals surface area contributed by atoms with Crippen LogP contribution in [0.15, 0.2) is 18.2 Å². The molecular weight excluding hydrogens is 231 g/mol. The van der Waals surface area contributed by atoms with Crippen molar-refractivity contribution >= 4 is 17.6 Å². The van der Waals surface area contributed by atoms with E-state index >= 15 is 0 Å². The van der Waals surface area contributed by atoms with Gasteiger partial charge in [-0.15, -0.1) is 0 Å². The topological polar surface area (TPSA) is 37.3 Å². The molecule has 1 atom stereocenters. The van der Waals surface area contributed by atoms with Gasteiger partial charge in [-0.1, -0.05) is 37.1 Å². The van der Waals surface area contributed by atoms with Crippen molar-refractivity contribution in [1.82, 2.24) is 0 Å². The number of carboxylic acid groups (broad SMARTS) is 1. The summed E-state index contributed by atoms with van der Waals surface area (Å²) in [7, 11) is 0. The van der Waals surface area contributed by atoms with Crippen LogP contribution in [0.5, 0.6) is 0 Å². The normalized spacial score (nSPS) is 14.5. The Balaban J connectivity index is 3.10. The predicted octanol–water partition coefficient (Wildman–Crippen LogP) is 3.56. The molecule has 0 saturated heterocycles. The number of aryl methyl sites for hydroxylation is 1. The number of aliphatic carboxylic acids is 1. The molecule has 0 aromatic heterocycles. The summed E-state index contributed by atoms with van der Waals surface area (Å²) in [6, 6.07) is 4.55. The molecule has 16 heavy (non-hydrogen) atoms. The molecule has 1 rings (SSSR count). The lowest BCUT2D eigenvalue weighted by atomic mass is 9.96. The first-order chi connectivity index (χ1) is 7.39. The Hall–Kier alpha value is -1.09. The van der Waals surface area contributed by atoms with Crippen molar-refractivity contribution in [3.05, 3.63) is 34.3 Å². The van der Waals surface area contributed by atoms with Crippen LogP contribution in [0.4, 0.5) is 4.39 Å². The van der Waals surface area contributed by atoms with E-state index in [-0.39, 0.29) is 5.56 Å². The Bertz CT molecular complexity index is 402. The number of benzene rings is 1. The number of hydrogen-bond acceptors (Lipinski definition) is 1. The number of carboxylic acids is 1. The molecule has 0 aliphatic heterocycles. The second kappa shape index (κ2) is 4.83. The van der Waals surface area contributed by atoms with Crippen molar-refractivity contribution in [3.8, 4) is 0 Å². The van der Waals surface area contributed by atoms with E-state index in [0.717, 1.165) is 25.3 Å². The first kappa shape index (κ1) is 13.0. The molecule has 1 unspecified atom stereocenters. The Morgan fingerprint density at radius 1 is 1.56 bits per heavy atom. The molecule has 2 nitrogen and oxygen atoms in total. The molecule has 0 fully saturated rings. The van der Waals surface area contributed by atoms with Gasteiger partial charge in [0, 0.05) is 10.6 Å². The van der Waals surface area contributed by atoms with Crippen molar-refractivity contribution in [3.63, 3.8) is 0 Å². The van der Waals surface area contributed by atoms with E-state index in [1.54, 1.807) is 6.07 Å². The van der Waals surface area contributed by atoms with Crippen molar-refractivity contribution in [2.75, 3.05) is 0 Å². The van der Waals surface area contributed by atoms with Gasteiger partial charge < -0.3 is 5.11 Å². The van der Waals surface area contributed by atoms with Crippen LogP contribution in [-0.2, 0) is 16.9 Å². The Morgan fingerprint density at radius 2 is 2.19 bits per heavy atom. The van der Waals surface area contributed by atoms with Crippen LogP contribution in [-0.4, -0.2) is 11.1 Å². The van der Waals surface area contributed by atoms with Crippen LogP contribution in [0.1, 0.15) is 31.4 Å². The quantitative estimate of drug-likeness (QED) is 0.879. The molecule has 4 heteroatoms. The lowest BCUT2D eigenvalue weighted by Gasteiger charge is -2.16. The van der Waals surface area contributed by atoms with Gasteiger partial charge in [-0.05, 0) is 25.0 Å². The molecule has 0 heterocycles. The summed E-state index contributed by atoms with van der Waals surface area (Å²) in [4.78, 5) is 10.7. The summed E-state index contributed by atoms with van der Waals surface area (Å²) < 4.78 is 13.8. The fraction of sp³-hybridized carbons (Fsp3) is 0.417. The van der Waals surface area contributed by atoms with Crippen molar-refractivity contribution in [1.29, 1.82) is 0 Å². The fourth-order valence-electron chi connectivity index (χ4n) is 1.43. The summed E-state index contributed by atoms with van der Waals surface area (Å²) in [6.07, 6.45) is 1.74. The number of carbonyl (C=O) groups is 1. The molecule has 1 aromatic rings. The number of rotatable bonds is 4. The average molecular weight is 245 g/mol. The summed E-state index contributed by atoms with van der Waals surface area (Å²) in [5.74, 6) is -1.51. The first-order valence-corrected chi connectivity index (χ1v) is 5.48. The third-order valence-corrected chi connectivity index (χ3v) is 2.87. The van der Waals surface area contributed by atoms with Crippen molar-refractivity contribution < 1.29 is 14.3 Å². The van der Waals surface area contributed by atoms with Crippen LogP contribution < -0.4 is 0 Å². The predicted molar refractivity (Wildman–Crippen MR) is 61.5 cm³/mol. The zero-order valence-corrected chi connectivity index (χ0v) is 10.0. The van der Waals surface area contributed by atoms with Crippen LogP contribution in [0.25, 0.3) is 0 Å². The maximum atomic E-state index is 13.8. The molecular formula is C12H14ClFO2. The van der Waals surface area contributed by atoms with Gasteiger partial charge in [0.2, 0.25) is 5.67 Å². The average Bonchev–Trinajstić information content (AvgIpc) is 2.21. The van der Waals surface area contributed by atoms with Crippen molar-refractivity contribution in [2.24, 2.45) is 0 Å². The van der Waals surface area contributed by atoms with Gasteiger partial charge in [0.15, 0.2) is 0 Å². The summed E-state index contributed by atoms with van der Waals surface area (Å²) >= 11 is 5.96. The van der Waals surface area contributed by atoms with Crippen LogP contribution >= 0.6 is 11.6 Å².